The number of hydrogen-bond acceptors (Lipinski definition) is 5. The Bertz CT molecular complexity index is 838. The minimum atomic E-state index is -0.523. The van der Waals surface area contributed by atoms with Crippen molar-refractivity contribution in [1.29, 1.82) is 0 Å². The zero-order valence-electron chi connectivity index (χ0n) is 21.9. The van der Waals surface area contributed by atoms with E-state index in [2.05, 4.69) is 10.1 Å². The molecule has 0 aliphatic rings. The van der Waals surface area contributed by atoms with Crippen molar-refractivity contribution in [2.24, 2.45) is 11.8 Å². The summed E-state index contributed by atoms with van der Waals surface area (Å²) in [6, 6.07) is 9.54. The number of likely N-dealkylation sites (N-methyl/N-ethyl adjacent to an activating group) is 1. The highest BCUT2D eigenvalue weighted by Crippen LogP contribution is 2.33. The van der Waals surface area contributed by atoms with E-state index in [1.807, 2.05) is 65.0 Å². The first kappa shape index (κ1) is 29.1. The van der Waals surface area contributed by atoms with E-state index >= 15 is 0 Å². The highest BCUT2D eigenvalue weighted by atomic mass is 16.5. The van der Waals surface area contributed by atoms with E-state index < -0.39 is 11.4 Å². The Morgan fingerprint density at radius 3 is 2.15 bits per heavy atom. The maximum absolute atomic E-state index is 13.1. The van der Waals surface area contributed by atoms with Gasteiger partial charge in [-0.15, -0.1) is 0 Å². The molecule has 34 heavy (non-hydrogen) atoms. The van der Waals surface area contributed by atoms with Crippen molar-refractivity contribution in [2.75, 3.05) is 33.8 Å². The first-order chi connectivity index (χ1) is 15.9. The van der Waals surface area contributed by atoms with Gasteiger partial charge in [0.15, 0.2) is 0 Å². The molecule has 2 atom stereocenters. The van der Waals surface area contributed by atoms with Crippen LogP contribution < -0.4 is 5.32 Å². The Morgan fingerprint density at radius 2 is 1.68 bits per heavy atom. The second-order valence-corrected chi connectivity index (χ2v) is 9.56. The van der Waals surface area contributed by atoms with Gasteiger partial charge in [-0.2, -0.15) is 0 Å². The molecule has 3 amide bonds. The molecule has 8 nitrogen and oxygen atoms in total. The van der Waals surface area contributed by atoms with E-state index in [1.165, 1.54) is 18.9 Å². The summed E-state index contributed by atoms with van der Waals surface area (Å²) in [6.45, 7) is 11.2. The fraction of sp³-hybridized carbons (Fsp3) is 0.615. The van der Waals surface area contributed by atoms with Crippen molar-refractivity contribution in [3.05, 3.63) is 35.9 Å². The average molecular weight is 476 g/mol. The van der Waals surface area contributed by atoms with Gasteiger partial charge in [-0.1, -0.05) is 65.0 Å². The summed E-state index contributed by atoms with van der Waals surface area (Å²) < 4.78 is 4.68. The number of esters is 1. The van der Waals surface area contributed by atoms with Gasteiger partial charge in [0, 0.05) is 31.8 Å². The molecule has 0 aromatic heterocycles. The summed E-state index contributed by atoms with van der Waals surface area (Å²) in [6.07, 6.45) is 0.632. The Kier molecular flexibility index (Phi) is 11.2. The maximum Gasteiger partial charge on any atom is 0.325 e. The number of rotatable bonds is 12. The zero-order chi connectivity index (χ0) is 26.1. The highest BCUT2D eigenvalue weighted by molar-refractivity contribution is 5.87. The van der Waals surface area contributed by atoms with E-state index in [9.17, 15) is 19.2 Å². The lowest BCUT2D eigenvalue weighted by atomic mass is 9.71. The molecule has 0 unspecified atom stereocenters. The lowest BCUT2D eigenvalue weighted by molar-refractivity contribution is -0.147. The molecular weight excluding hydrogens is 434 g/mol. The number of hydrogen-bond donors (Lipinski definition) is 1. The fourth-order valence-corrected chi connectivity index (χ4v) is 4.22. The van der Waals surface area contributed by atoms with E-state index in [0.29, 0.717) is 6.42 Å². The quantitative estimate of drug-likeness (QED) is 0.469. The first-order valence-corrected chi connectivity index (χ1v) is 11.8. The van der Waals surface area contributed by atoms with Gasteiger partial charge in [-0.3, -0.25) is 19.2 Å². The van der Waals surface area contributed by atoms with Crippen LogP contribution in [0.3, 0.4) is 0 Å². The minimum absolute atomic E-state index is 0.0181. The van der Waals surface area contributed by atoms with Crippen LogP contribution in [0.5, 0.6) is 0 Å². The summed E-state index contributed by atoms with van der Waals surface area (Å²) in [5.41, 5.74) is 0.668. The third-order valence-corrected chi connectivity index (χ3v) is 6.59. The standard InChI is InChI=1S/C26H41N3O5/c1-9-21(26(5,6)20-13-11-10-12-14-20)25(33)27-15-23(31)28(7)22(18(2)3)16-29(19(4)30)17-24(32)34-8/h10-14,18,21-22H,9,15-17H2,1-8H3,(H,27,33)/t21-,22-/m1/s1. The van der Waals surface area contributed by atoms with Crippen molar-refractivity contribution in [1.82, 2.24) is 15.1 Å². The van der Waals surface area contributed by atoms with Crippen molar-refractivity contribution in [2.45, 2.75) is 59.4 Å². The molecule has 1 rings (SSSR count). The molecule has 0 radical (unpaired) electrons. The molecule has 8 heteroatoms. The monoisotopic (exact) mass is 475 g/mol. The van der Waals surface area contributed by atoms with Gasteiger partial charge in [0.2, 0.25) is 17.7 Å². The molecule has 1 N–H and O–H groups in total. The van der Waals surface area contributed by atoms with Crippen LogP contribution in [0.2, 0.25) is 0 Å². The number of benzene rings is 1. The van der Waals surface area contributed by atoms with E-state index in [-0.39, 0.29) is 55.2 Å². The number of methoxy groups -OCH3 is 1. The second kappa shape index (κ2) is 13.1. The Labute approximate surface area is 204 Å². The zero-order valence-corrected chi connectivity index (χ0v) is 21.9. The van der Waals surface area contributed by atoms with Crippen molar-refractivity contribution in [3.63, 3.8) is 0 Å². The van der Waals surface area contributed by atoms with Gasteiger partial charge in [-0.25, -0.2) is 0 Å². The molecular formula is C26H41N3O5. The van der Waals surface area contributed by atoms with Crippen LogP contribution in [0.4, 0.5) is 0 Å². The third kappa shape index (κ3) is 7.85. The summed E-state index contributed by atoms with van der Waals surface area (Å²) in [4.78, 5) is 52.7. The SMILES string of the molecule is CC[C@H](C(=O)NCC(=O)N(C)[C@H](CN(CC(=O)OC)C(C)=O)C(C)C)C(C)(C)c1ccccc1. The molecule has 0 heterocycles. The Hall–Kier alpha value is -2.90. The molecule has 1 aromatic carbocycles. The van der Waals surface area contributed by atoms with Crippen LogP contribution in [-0.4, -0.2) is 73.3 Å². The van der Waals surface area contributed by atoms with E-state index in [0.717, 1.165) is 5.56 Å². The normalized spacial score (nSPS) is 13.1. The minimum Gasteiger partial charge on any atom is -0.468 e. The molecule has 0 aliphatic heterocycles. The Morgan fingerprint density at radius 1 is 1.09 bits per heavy atom. The predicted octanol–water partition coefficient (Wildman–Crippen LogP) is 2.61. The first-order valence-electron chi connectivity index (χ1n) is 11.8. The molecule has 0 aliphatic carbocycles. The molecule has 1 aromatic rings. The number of ether oxygens (including phenoxy) is 1. The van der Waals surface area contributed by atoms with Crippen molar-refractivity contribution in [3.8, 4) is 0 Å². The van der Waals surface area contributed by atoms with Crippen LogP contribution in [0.25, 0.3) is 0 Å². The van der Waals surface area contributed by atoms with Crippen LogP contribution in [0.15, 0.2) is 30.3 Å². The summed E-state index contributed by atoms with van der Waals surface area (Å²) in [5.74, 6) is -1.52. The van der Waals surface area contributed by atoms with Gasteiger partial charge in [-0.05, 0) is 17.9 Å². The maximum atomic E-state index is 13.1. The molecule has 0 fully saturated rings. The van der Waals surface area contributed by atoms with Gasteiger partial charge in [0.1, 0.15) is 6.54 Å². The largest absolute Gasteiger partial charge is 0.468 e. The van der Waals surface area contributed by atoms with Gasteiger partial charge in [0.05, 0.1) is 19.7 Å². The van der Waals surface area contributed by atoms with E-state index in [4.69, 9.17) is 0 Å². The predicted molar refractivity (Wildman–Crippen MR) is 132 cm³/mol. The van der Waals surface area contributed by atoms with Crippen LogP contribution >= 0.6 is 0 Å². The summed E-state index contributed by atoms with van der Waals surface area (Å²) >= 11 is 0. The number of nitrogens with one attached hydrogen (secondary N) is 1. The van der Waals surface area contributed by atoms with E-state index in [1.54, 1.807) is 11.9 Å². The topological polar surface area (TPSA) is 96.0 Å². The van der Waals surface area contributed by atoms with Crippen LogP contribution in [0.1, 0.15) is 53.5 Å². The van der Waals surface area contributed by atoms with Gasteiger partial charge >= 0.3 is 5.97 Å². The summed E-state index contributed by atoms with van der Waals surface area (Å²) in [5, 5.41) is 2.82. The van der Waals surface area contributed by atoms with Gasteiger partial charge < -0.3 is 19.9 Å². The molecule has 0 saturated carbocycles. The lowest BCUT2D eigenvalue weighted by Crippen LogP contribution is -2.52. The lowest BCUT2D eigenvalue weighted by Gasteiger charge is -2.36. The van der Waals surface area contributed by atoms with Crippen LogP contribution in [-0.2, 0) is 29.3 Å². The molecule has 0 saturated heterocycles. The van der Waals surface area contributed by atoms with Crippen molar-refractivity contribution < 1.29 is 23.9 Å². The molecule has 0 bridgehead atoms. The fourth-order valence-electron chi connectivity index (χ4n) is 4.22. The average Bonchev–Trinajstić information content (AvgIpc) is 2.79. The molecule has 190 valence electrons. The number of nitrogens with zero attached hydrogens (tertiary/aromatic N) is 2. The van der Waals surface area contributed by atoms with Gasteiger partial charge in [0.25, 0.3) is 0 Å². The highest BCUT2D eigenvalue weighted by Gasteiger charge is 2.35. The van der Waals surface area contributed by atoms with Crippen molar-refractivity contribution >= 4 is 23.7 Å². The Balaban J connectivity index is 2.88. The second-order valence-electron chi connectivity index (χ2n) is 9.56. The third-order valence-electron chi connectivity index (χ3n) is 6.59. The molecule has 0 spiro atoms. The van der Waals surface area contributed by atoms with Crippen LogP contribution in [0, 0.1) is 11.8 Å². The number of carbonyl (C=O) groups is 4. The number of carbonyl (C=O) groups excluding carboxylic acids is 4. The summed E-state index contributed by atoms with van der Waals surface area (Å²) in [7, 11) is 2.92. The smallest absolute Gasteiger partial charge is 0.325 e. The number of amides is 3.